The molecule has 0 fully saturated rings. The molecule has 2 N–H and O–H groups in total. The Balaban J connectivity index is 1.88. The van der Waals surface area contributed by atoms with Crippen LogP contribution in [-0.2, 0) is 19.5 Å². The van der Waals surface area contributed by atoms with Gasteiger partial charge in [0.1, 0.15) is 10.8 Å². The molecule has 23 heavy (non-hydrogen) atoms. The van der Waals surface area contributed by atoms with Crippen LogP contribution in [0.15, 0.2) is 29.4 Å². The standard InChI is InChI=1S/C17H24N4OS/c1-5-15-10-19-16(23-15)11-21-17(18-3)20-9-13-6-12(2)7-14(8-13)22-4/h6-8,10H,5,9,11H2,1-4H3,(H2,18,20,21). The van der Waals surface area contributed by atoms with E-state index in [-0.39, 0.29) is 0 Å². The molecule has 124 valence electrons. The maximum atomic E-state index is 5.31. The molecule has 1 aromatic carbocycles. The minimum Gasteiger partial charge on any atom is -0.497 e. The Morgan fingerprint density at radius 2 is 2.04 bits per heavy atom. The largest absolute Gasteiger partial charge is 0.497 e. The highest BCUT2D eigenvalue weighted by Crippen LogP contribution is 2.16. The number of rotatable bonds is 6. The smallest absolute Gasteiger partial charge is 0.191 e. The number of aliphatic imine (C=N–C) groups is 1. The Hall–Kier alpha value is -2.08. The molecule has 0 radical (unpaired) electrons. The normalized spacial score (nSPS) is 11.4. The van der Waals surface area contributed by atoms with E-state index in [2.05, 4.69) is 40.5 Å². The number of aryl methyl sites for hydroxylation is 2. The molecule has 0 unspecified atom stereocenters. The van der Waals surface area contributed by atoms with Crippen LogP contribution in [-0.4, -0.2) is 25.1 Å². The highest BCUT2D eigenvalue weighted by atomic mass is 32.1. The number of benzene rings is 1. The fourth-order valence-electron chi connectivity index (χ4n) is 2.20. The predicted molar refractivity (Wildman–Crippen MR) is 96.3 cm³/mol. The SMILES string of the molecule is CCc1cnc(CNC(=NC)NCc2cc(C)cc(OC)c2)s1. The van der Waals surface area contributed by atoms with Crippen molar-refractivity contribution in [3.05, 3.63) is 45.4 Å². The first kappa shape index (κ1) is 17.3. The van der Waals surface area contributed by atoms with Gasteiger partial charge in [-0.05, 0) is 36.6 Å². The maximum Gasteiger partial charge on any atom is 0.191 e. The van der Waals surface area contributed by atoms with Crippen molar-refractivity contribution in [1.82, 2.24) is 15.6 Å². The minimum atomic E-state index is 0.682. The molecule has 5 nitrogen and oxygen atoms in total. The lowest BCUT2D eigenvalue weighted by Gasteiger charge is -2.12. The molecular weight excluding hydrogens is 308 g/mol. The van der Waals surface area contributed by atoms with E-state index < -0.39 is 0 Å². The number of guanidine groups is 1. The number of aromatic nitrogens is 1. The van der Waals surface area contributed by atoms with Gasteiger partial charge in [-0.15, -0.1) is 11.3 Å². The molecule has 2 rings (SSSR count). The molecule has 0 saturated carbocycles. The van der Waals surface area contributed by atoms with Gasteiger partial charge in [0.15, 0.2) is 5.96 Å². The summed E-state index contributed by atoms with van der Waals surface area (Å²) in [6.07, 6.45) is 2.97. The first-order valence-corrected chi connectivity index (χ1v) is 8.49. The summed E-state index contributed by atoms with van der Waals surface area (Å²) in [5.74, 6) is 1.64. The number of ether oxygens (including phenoxy) is 1. The van der Waals surface area contributed by atoms with E-state index in [9.17, 15) is 0 Å². The van der Waals surface area contributed by atoms with Crippen LogP contribution in [0.25, 0.3) is 0 Å². The average molecular weight is 332 g/mol. The van der Waals surface area contributed by atoms with Gasteiger partial charge in [-0.2, -0.15) is 0 Å². The summed E-state index contributed by atoms with van der Waals surface area (Å²) in [6.45, 7) is 5.57. The average Bonchev–Trinajstić information content (AvgIpc) is 3.02. The molecule has 0 spiro atoms. The number of nitrogens with one attached hydrogen (secondary N) is 2. The lowest BCUT2D eigenvalue weighted by atomic mass is 10.1. The van der Waals surface area contributed by atoms with Crippen molar-refractivity contribution in [2.24, 2.45) is 4.99 Å². The van der Waals surface area contributed by atoms with Crippen LogP contribution in [0, 0.1) is 6.92 Å². The van der Waals surface area contributed by atoms with Gasteiger partial charge in [0.2, 0.25) is 0 Å². The molecule has 2 aromatic rings. The van der Waals surface area contributed by atoms with Crippen LogP contribution >= 0.6 is 11.3 Å². The second-order valence-electron chi connectivity index (χ2n) is 5.21. The first-order chi connectivity index (χ1) is 11.1. The first-order valence-electron chi connectivity index (χ1n) is 7.67. The van der Waals surface area contributed by atoms with Gasteiger partial charge in [-0.25, -0.2) is 4.98 Å². The van der Waals surface area contributed by atoms with Crippen molar-refractivity contribution in [3.63, 3.8) is 0 Å². The lowest BCUT2D eigenvalue weighted by Crippen LogP contribution is -2.36. The number of hydrogen-bond acceptors (Lipinski definition) is 4. The van der Waals surface area contributed by atoms with Gasteiger partial charge in [0.05, 0.1) is 13.7 Å². The molecule has 0 amide bonds. The lowest BCUT2D eigenvalue weighted by molar-refractivity contribution is 0.414. The third kappa shape index (κ3) is 5.25. The van der Waals surface area contributed by atoms with Gasteiger partial charge in [-0.1, -0.05) is 13.0 Å². The van der Waals surface area contributed by atoms with Crippen LogP contribution < -0.4 is 15.4 Å². The summed E-state index contributed by atoms with van der Waals surface area (Å²) in [5.41, 5.74) is 2.34. The van der Waals surface area contributed by atoms with E-state index in [1.165, 1.54) is 10.4 Å². The molecule has 1 heterocycles. The van der Waals surface area contributed by atoms with Crippen LogP contribution in [0.5, 0.6) is 5.75 Å². The Morgan fingerprint density at radius 1 is 1.26 bits per heavy atom. The topological polar surface area (TPSA) is 58.5 Å². The molecule has 0 bridgehead atoms. The fraction of sp³-hybridized carbons (Fsp3) is 0.412. The van der Waals surface area contributed by atoms with Crippen molar-refractivity contribution < 1.29 is 4.74 Å². The second-order valence-corrected chi connectivity index (χ2v) is 6.41. The number of hydrogen-bond donors (Lipinski definition) is 2. The van der Waals surface area contributed by atoms with Crippen molar-refractivity contribution in [2.75, 3.05) is 14.2 Å². The molecule has 0 atom stereocenters. The zero-order valence-electron chi connectivity index (χ0n) is 14.1. The molecular formula is C17H24N4OS. The zero-order valence-corrected chi connectivity index (χ0v) is 15.0. The fourth-order valence-corrected chi connectivity index (χ4v) is 3.01. The van der Waals surface area contributed by atoms with Crippen LogP contribution in [0.4, 0.5) is 0 Å². The molecule has 0 saturated heterocycles. The zero-order chi connectivity index (χ0) is 16.7. The number of thiazole rings is 1. The van der Waals surface area contributed by atoms with Crippen LogP contribution in [0.3, 0.4) is 0 Å². The molecule has 6 heteroatoms. The predicted octanol–water partition coefficient (Wildman–Crippen LogP) is 2.89. The van der Waals surface area contributed by atoms with E-state index in [0.29, 0.717) is 13.1 Å². The van der Waals surface area contributed by atoms with Gasteiger partial charge >= 0.3 is 0 Å². The molecule has 0 aliphatic rings. The van der Waals surface area contributed by atoms with Crippen molar-refractivity contribution in [2.45, 2.75) is 33.4 Å². The molecule has 0 aliphatic heterocycles. The van der Waals surface area contributed by atoms with Crippen LogP contribution in [0.1, 0.15) is 27.9 Å². The van der Waals surface area contributed by atoms with E-state index >= 15 is 0 Å². The Labute approximate surface area is 141 Å². The molecule has 1 aromatic heterocycles. The highest BCUT2D eigenvalue weighted by Gasteiger charge is 2.04. The Morgan fingerprint density at radius 3 is 2.70 bits per heavy atom. The van der Waals surface area contributed by atoms with E-state index in [1.54, 1.807) is 25.5 Å². The monoisotopic (exact) mass is 332 g/mol. The quantitative estimate of drug-likeness (QED) is 0.631. The minimum absolute atomic E-state index is 0.682. The molecule has 0 aliphatic carbocycles. The van der Waals surface area contributed by atoms with E-state index in [4.69, 9.17) is 4.74 Å². The van der Waals surface area contributed by atoms with Gasteiger partial charge in [-0.3, -0.25) is 4.99 Å². The van der Waals surface area contributed by atoms with E-state index in [0.717, 1.165) is 28.7 Å². The summed E-state index contributed by atoms with van der Waals surface area (Å²) in [7, 11) is 3.45. The number of methoxy groups -OCH3 is 1. The summed E-state index contributed by atoms with van der Waals surface area (Å²) in [6, 6.07) is 6.18. The summed E-state index contributed by atoms with van der Waals surface area (Å²) in [5, 5.41) is 7.68. The Kier molecular flexibility index (Phi) is 6.40. The summed E-state index contributed by atoms with van der Waals surface area (Å²) in [4.78, 5) is 9.96. The van der Waals surface area contributed by atoms with E-state index in [1.807, 2.05) is 18.3 Å². The number of nitrogens with zero attached hydrogens (tertiary/aromatic N) is 2. The van der Waals surface area contributed by atoms with Crippen molar-refractivity contribution in [1.29, 1.82) is 0 Å². The summed E-state index contributed by atoms with van der Waals surface area (Å²) < 4.78 is 5.31. The second kappa shape index (κ2) is 8.53. The third-order valence-corrected chi connectivity index (χ3v) is 4.53. The summed E-state index contributed by atoms with van der Waals surface area (Å²) >= 11 is 1.73. The highest BCUT2D eigenvalue weighted by molar-refractivity contribution is 7.11. The Bertz CT molecular complexity index is 666. The van der Waals surface area contributed by atoms with Crippen molar-refractivity contribution >= 4 is 17.3 Å². The van der Waals surface area contributed by atoms with Crippen LogP contribution in [0.2, 0.25) is 0 Å². The van der Waals surface area contributed by atoms with Gasteiger partial charge < -0.3 is 15.4 Å². The van der Waals surface area contributed by atoms with Gasteiger partial charge in [0, 0.05) is 24.7 Å². The maximum absolute atomic E-state index is 5.31. The van der Waals surface area contributed by atoms with Crippen molar-refractivity contribution in [3.8, 4) is 5.75 Å². The third-order valence-electron chi connectivity index (χ3n) is 3.39. The van der Waals surface area contributed by atoms with Gasteiger partial charge in [0.25, 0.3) is 0 Å².